The van der Waals surface area contributed by atoms with Crippen LogP contribution in [0.15, 0.2) is 0 Å². The average Bonchev–Trinajstić information content (AvgIpc) is 1.82. The first-order chi connectivity index (χ1) is 5.52. The molecule has 0 radical (unpaired) electrons. The molecule has 1 fully saturated rings. The molecule has 1 aliphatic heterocycles. The monoisotopic (exact) mass is 179 g/mol. The third-order valence-corrected chi connectivity index (χ3v) is 1.94. The summed E-state index contributed by atoms with van der Waals surface area (Å²) < 4.78 is 23.8. The topological polar surface area (TPSA) is 40.5 Å². The van der Waals surface area contributed by atoms with E-state index in [1.54, 1.807) is 0 Å². The van der Waals surface area contributed by atoms with Gasteiger partial charge in [0.15, 0.2) is 0 Å². The molecule has 1 rings (SSSR count). The lowest BCUT2D eigenvalue weighted by molar-refractivity contribution is -0.149. The van der Waals surface area contributed by atoms with Crippen LogP contribution in [0, 0.1) is 5.92 Å². The predicted octanol–water partition coefficient (Wildman–Crippen LogP) is 0.0907. The highest BCUT2D eigenvalue weighted by Gasteiger charge is 2.37. The first-order valence-electron chi connectivity index (χ1n) is 3.77. The van der Waals surface area contributed by atoms with Crippen molar-refractivity contribution in [2.45, 2.75) is 19.5 Å². The van der Waals surface area contributed by atoms with Gasteiger partial charge in [0, 0.05) is 13.1 Å². The SMILES string of the molecule is C[C@@H](O)C(=O)N1CC(C(F)F)C1. The van der Waals surface area contributed by atoms with E-state index in [9.17, 15) is 13.6 Å². The van der Waals surface area contributed by atoms with Gasteiger partial charge in [-0.2, -0.15) is 0 Å². The van der Waals surface area contributed by atoms with Crippen molar-refractivity contribution in [2.75, 3.05) is 13.1 Å². The van der Waals surface area contributed by atoms with Gasteiger partial charge in [-0.25, -0.2) is 8.78 Å². The molecule has 0 aromatic rings. The summed E-state index contributed by atoms with van der Waals surface area (Å²) in [4.78, 5) is 12.2. The van der Waals surface area contributed by atoms with Crippen LogP contribution in [0.3, 0.4) is 0 Å². The van der Waals surface area contributed by atoms with Crippen molar-refractivity contribution >= 4 is 5.91 Å². The fourth-order valence-electron chi connectivity index (χ4n) is 1.12. The zero-order valence-electron chi connectivity index (χ0n) is 6.70. The summed E-state index contributed by atoms with van der Waals surface area (Å²) in [5.74, 6) is -1.17. The lowest BCUT2D eigenvalue weighted by Gasteiger charge is -2.39. The van der Waals surface area contributed by atoms with E-state index < -0.39 is 24.4 Å². The fourth-order valence-corrected chi connectivity index (χ4v) is 1.12. The van der Waals surface area contributed by atoms with E-state index in [1.807, 2.05) is 0 Å². The molecule has 3 nitrogen and oxygen atoms in total. The van der Waals surface area contributed by atoms with Gasteiger partial charge in [0.25, 0.3) is 5.91 Å². The van der Waals surface area contributed by atoms with Crippen LogP contribution in [0.25, 0.3) is 0 Å². The van der Waals surface area contributed by atoms with Crippen molar-refractivity contribution in [1.29, 1.82) is 0 Å². The minimum atomic E-state index is -2.36. The number of likely N-dealkylation sites (tertiary alicyclic amines) is 1. The van der Waals surface area contributed by atoms with Crippen LogP contribution in [-0.2, 0) is 4.79 Å². The summed E-state index contributed by atoms with van der Waals surface area (Å²) in [6.07, 6.45) is -3.44. The Labute approximate surface area is 69.0 Å². The average molecular weight is 179 g/mol. The van der Waals surface area contributed by atoms with Crippen LogP contribution in [-0.4, -0.2) is 41.5 Å². The van der Waals surface area contributed by atoms with E-state index in [1.165, 1.54) is 11.8 Å². The Kier molecular flexibility index (Phi) is 2.62. The third kappa shape index (κ3) is 1.72. The Balaban J connectivity index is 2.30. The van der Waals surface area contributed by atoms with Crippen LogP contribution >= 0.6 is 0 Å². The summed E-state index contributed by atoms with van der Waals surface area (Å²) in [6.45, 7) is 1.47. The summed E-state index contributed by atoms with van der Waals surface area (Å²) in [6, 6.07) is 0. The van der Waals surface area contributed by atoms with Crippen molar-refractivity contribution in [3.63, 3.8) is 0 Å². The Morgan fingerprint density at radius 2 is 2.08 bits per heavy atom. The van der Waals surface area contributed by atoms with Crippen LogP contribution in [0.5, 0.6) is 0 Å². The van der Waals surface area contributed by atoms with Crippen LogP contribution in [0.1, 0.15) is 6.92 Å². The normalized spacial score (nSPS) is 20.9. The first-order valence-corrected chi connectivity index (χ1v) is 3.77. The lowest BCUT2D eigenvalue weighted by Crippen LogP contribution is -2.55. The number of alkyl halides is 2. The molecule has 0 aliphatic carbocycles. The van der Waals surface area contributed by atoms with Gasteiger partial charge >= 0.3 is 0 Å². The van der Waals surface area contributed by atoms with Gasteiger partial charge in [0.2, 0.25) is 6.43 Å². The highest BCUT2D eigenvalue weighted by Crippen LogP contribution is 2.22. The first kappa shape index (κ1) is 9.38. The van der Waals surface area contributed by atoms with Crippen LogP contribution < -0.4 is 0 Å². The Morgan fingerprint density at radius 1 is 1.58 bits per heavy atom. The standard InChI is InChI=1S/C7H11F2NO2/c1-4(11)7(12)10-2-5(3-10)6(8)9/h4-6,11H,2-3H2,1H3/t4-/m1/s1. The number of hydrogen-bond acceptors (Lipinski definition) is 2. The number of hydrogen-bond donors (Lipinski definition) is 1. The van der Waals surface area contributed by atoms with Crippen molar-refractivity contribution in [3.05, 3.63) is 0 Å². The fraction of sp³-hybridized carbons (Fsp3) is 0.857. The van der Waals surface area contributed by atoms with Gasteiger partial charge in [-0.05, 0) is 6.92 Å². The molecule has 1 atom stereocenters. The highest BCUT2D eigenvalue weighted by molar-refractivity contribution is 5.80. The van der Waals surface area contributed by atoms with Gasteiger partial charge in [0.1, 0.15) is 6.10 Å². The number of carbonyl (C=O) groups is 1. The van der Waals surface area contributed by atoms with Gasteiger partial charge in [-0.15, -0.1) is 0 Å². The Hall–Kier alpha value is -0.710. The van der Waals surface area contributed by atoms with Crippen molar-refractivity contribution in [1.82, 2.24) is 4.90 Å². The molecule has 0 aromatic heterocycles. The molecule has 12 heavy (non-hydrogen) atoms. The van der Waals surface area contributed by atoms with Crippen LogP contribution in [0.4, 0.5) is 8.78 Å². The molecule has 1 N–H and O–H groups in total. The lowest BCUT2D eigenvalue weighted by atomic mass is 10.0. The molecule has 0 bridgehead atoms. The molecule has 5 heteroatoms. The molecule has 0 spiro atoms. The molecule has 1 amide bonds. The zero-order chi connectivity index (χ0) is 9.30. The number of rotatable bonds is 2. The predicted molar refractivity (Wildman–Crippen MR) is 37.8 cm³/mol. The third-order valence-electron chi connectivity index (χ3n) is 1.94. The van der Waals surface area contributed by atoms with E-state index in [2.05, 4.69) is 0 Å². The molecule has 0 saturated carbocycles. The maximum absolute atomic E-state index is 11.9. The highest BCUT2D eigenvalue weighted by atomic mass is 19.3. The summed E-state index contributed by atoms with van der Waals surface area (Å²) in [5, 5.41) is 8.80. The van der Waals surface area contributed by atoms with E-state index >= 15 is 0 Å². The minimum absolute atomic E-state index is 0.0708. The van der Waals surface area contributed by atoms with E-state index in [-0.39, 0.29) is 13.1 Å². The maximum Gasteiger partial charge on any atom is 0.251 e. The zero-order valence-corrected chi connectivity index (χ0v) is 6.70. The second kappa shape index (κ2) is 3.35. The molecular weight excluding hydrogens is 168 g/mol. The maximum atomic E-state index is 11.9. The molecule has 0 aromatic carbocycles. The van der Waals surface area contributed by atoms with E-state index in [4.69, 9.17) is 5.11 Å². The molecule has 1 aliphatic rings. The Bertz CT molecular complexity index is 178. The molecule has 1 saturated heterocycles. The second-order valence-electron chi connectivity index (χ2n) is 3.01. The van der Waals surface area contributed by atoms with Gasteiger partial charge in [0.05, 0.1) is 5.92 Å². The number of nitrogens with zero attached hydrogens (tertiary/aromatic N) is 1. The summed E-state index contributed by atoms with van der Waals surface area (Å²) in [7, 11) is 0. The largest absolute Gasteiger partial charge is 0.384 e. The number of aliphatic hydroxyl groups is 1. The number of amides is 1. The van der Waals surface area contributed by atoms with Crippen LogP contribution in [0.2, 0.25) is 0 Å². The van der Waals surface area contributed by atoms with Crippen molar-refractivity contribution < 1.29 is 18.7 Å². The van der Waals surface area contributed by atoms with Gasteiger partial charge < -0.3 is 10.0 Å². The second-order valence-corrected chi connectivity index (χ2v) is 3.01. The van der Waals surface area contributed by atoms with Gasteiger partial charge in [-0.1, -0.05) is 0 Å². The molecule has 0 unspecified atom stereocenters. The van der Waals surface area contributed by atoms with Crippen molar-refractivity contribution in [2.24, 2.45) is 5.92 Å². The quantitative estimate of drug-likeness (QED) is 0.652. The smallest absolute Gasteiger partial charge is 0.251 e. The number of halogens is 2. The van der Waals surface area contributed by atoms with E-state index in [0.717, 1.165) is 0 Å². The number of aliphatic hydroxyl groups excluding tert-OH is 1. The Morgan fingerprint density at radius 3 is 2.42 bits per heavy atom. The minimum Gasteiger partial charge on any atom is -0.384 e. The summed E-state index contributed by atoms with van der Waals surface area (Å²) in [5.41, 5.74) is 0. The molecule has 70 valence electrons. The van der Waals surface area contributed by atoms with E-state index in [0.29, 0.717) is 0 Å². The van der Waals surface area contributed by atoms with Crippen molar-refractivity contribution in [3.8, 4) is 0 Å². The molecule has 1 heterocycles. The number of carbonyl (C=O) groups excluding carboxylic acids is 1. The molecular formula is C7H11F2NO2. The van der Waals surface area contributed by atoms with Gasteiger partial charge in [-0.3, -0.25) is 4.79 Å². The summed E-state index contributed by atoms with van der Waals surface area (Å²) >= 11 is 0.